The second kappa shape index (κ2) is 9.67. The molecule has 0 bridgehead atoms. The van der Waals surface area contributed by atoms with E-state index in [9.17, 15) is 10.1 Å². The maximum absolute atomic E-state index is 12.5. The van der Waals surface area contributed by atoms with Gasteiger partial charge in [0.15, 0.2) is 0 Å². The molecule has 0 fully saturated rings. The Kier molecular flexibility index (Phi) is 6.99. The normalized spacial score (nSPS) is 11.2. The van der Waals surface area contributed by atoms with E-state index in [0.29, 0.717) is 23.0 Å². The van der Waals surface area contributed by atoms with Crippen LogP contribution in [0.1, 0.15) is 22.5 Å². The maximum Gasteiger partial charge on any atom is 0.261 e. The number of nitrogens with one attached hydrogen (secondary N) is 1. The molecule has 4 nitrogen and oxygen atoms in total. The number of carbonyl (C=O) groups excluding carboxylic acids is 1. The molecule has 1 aromatic heterocycles. The third kappa shape index (κ3) is 4.94. The molecular weight excluding hydrogens is 417 g/mol. The van der Waals surface area contributed by atoms with E-state index in [4.69, 9.17) is 23.2 Å². The largest absolute Gasteiger partial charge is 0.351 e. The second-order valence-electron chi connectivity index (χ2n) is 6.92. The summed E-state index contributed by atoms with van der Waals surface area (Å²) in [7, 11) is 0. The molecule has 3 rings (SSSR count). The highest BCUT2D eigenvalue weighted by atomic mass is 35.5. The fraction of sp³-hybridized carbons (Fsp3) is 0.167. The Morgan fingerprint density at radius 2 is 1.87 bits per heavy atom. The van der Waals surface area contributed by atoms with Gasteiger partial charge in [0.25, 0.3) is 5.91 Å². The monoisotopic (exact) mass is 437 g/mol. The average Bonchev–Trinajstić information content (AvgIpc) is 3.00. The lowest BCUT2D eigenvalue weighted by molar-refractivity contribution is -0.117. The molecular formula is C24H21Cl2N3O. The van der Waals surface area contributed by atoms with Crippen LogP contribution in [-0.2, 0) is 11.2 Å². The zero-order valence-corrected chi connectivity index (χ0v) is 18.3. The number of benzene rings is 2. The van der Waals surface area contributed by atoms with Gasteiger partial charge in [-0.3, -0.25) is 4.79 Å². The lowest BCUT2D eigenvalue weighted by Crippen LogP contribution is -2.26. The lowest BCUT2D eigenvalue weighted by atomic mass is 10.1. The van der Waals surface area contributed by atoms with E-state index in [-0.39, 0.29) is 11.5 Å². The van der Waals surface area contributed by atoms with Crippen LogP contribution in [0.5, 0.6) is 0 Å². The van der Waals surface area contributed by atoms with Crippen LogP contribution in [0, 0.1) is 25.2 Å². The zero-order chi connectivity index (χ0) is 21.7. The summed E-state index contributed by atoms with van der Waals surface area (Å²) in [6, 6.07) is 19.1. The molecule has 1 amide bonds. The second-order valence-corrected chi connectivity index (χ2v) is 7.76. The third-order valence-corrected chi connectivity index (χ3v) is 5.37. The van der Waals surface area contributed by atoms with Crippen molar-refractivity contribution in [2.75, 3.05) is 6.54 Å². The van der Waals surface area contributed by atoms with Gasteiger partial charge in [0, 0.05) is 23.0 Å². The minimum absolute atomic E-state index is 0.0607. The topological polar surface area (TPSA) is 57.8 Å². The zero-order valence-electron chi connectivity index (χ0n) is 16.7. The van der Waals surface area contributed by atoms with Crippen LogP contribution in [-0.4, -0.2) is 17.0 Å². The van der Waals surface area contributed by atoms with Gasteiger partial charge in [0.05, 0.1) is 10.7 Å². The van der Waals surface area contributed by atoms with Crippen LogP contribution >= 0.6 is 23.2 Å². The molecule has 152 valence electrons. The van der Waals surface area contributed by atoms with Crippen molar-refractivity contribution in [1.82, 2.24) is 9.88 Å². The van der Waals surface area contributed by atoms with Crippen LogP contribution in [0.15, 0.2) is 60.2 Å². The first-order chi connectivity index (χ1) is 14.4. The van der Waals surface area contributed by atoms with Gasteiger partial charge < -0.3 is 9.88 Å². The molecule has 0 saturated carbocycles. The van der Waals surface area contributed by atoms with E-state index in [0.717, 1.165) is 28.2 Å². The number of hydrogen-bond donors (Lipinski definition) is 1. The Hall–Kier alpha value is -3.00. The highest BCUT2D eigenvalue weighted by Gasteiger charge is 2.15. The van der Waals surface area contributed by atoms with Gasteiger partial charge in [-0.05, 0) is 61.7 Å². The Labute approximate surface area is 186 Å². The summed E-state index contributed by atoms with van der Waals surface area (Å²) in [5.41, 5.74) is 4.58. The van der Waals surface area contributed by atoms with Gasteiger partial charge in [-0.1, -0.05) is 53.5 Å². The van der Waals surface area contributed by atoms with E-state index in [1.807, 2.05) is 66.9 Å². The Morgan fingerprint density at radius 3 is 2.53 bits per heavy atom. The van der Waals surface area contributed by atoms with Gasteiger partial charge in [0.2, 0.25) is 0 Å². The molecule has 0 unspecified atom stereocenters. The van der Waals surface area contributed by atoms with Crippen molar-refractivity contribution in [2.24, 2.45) is 0 Å². The highest BCUT2D eigenvalue weighted by molar-refractivity contribution is 6.35. The minimum atomic E-state index is -0.386. The van der Waals surface area contributed by atoms with E-state index in [2.05, 4.69) is 5.32 Å². The van der Waals surface area contributed by atoms with Crippen molar-refractivity contribution in [3.8, 4) is 11.8 Å². The van der Waals surface area contributed by atoms with Gasteiger partial charge in [0.1, 0.15) is 11.6 Å². The third-order valence-electron chi connectivity index (χ3n) is 4.83. The number of halogens is 2. The quantitative estimate of drug-likeness (QED) is 0.399. The molecule has 0 aliphatic rings. The number of nitriles is 1. The van der Waals surface area contributed by atoms with Crippen molar-refractivity contribution < 1.29 is 4.79 Å². The number of nitrogens with zero attached hydrogens (tertiary/aromatic N) is 2. The average molecular weight is 438 g/mol. The van der Waals surface area contributed by atoms with E-state index < -0.39 is 0 Å². The summed E-state index contributed by atoms with van der Waals surface area (Å²) in [5, 5.41) is 13.4. The first kappa shape index (κ1) is 21.7. The smallest absolute Gasteiger partial charge is 0.261 e. The summed E-state index contributed by atoms with van der Waals surface area (Å²) in [5.74, 6) is -0.386. The van der Waals surface area contributed by atoms with Crippen LogP contribution in [0.3, 0.4) is 0 Å². The van der Waals surface area contributed by atoms with Gasteiger partial charge >= 0.3 is 0 Å². The molecule has 2 aromatic carbocycles. The molecule has 0 aliphatic heterocycles. The Bertz CT molecular complexity index is 1140. The van der Waals surface area contributed by atoms with Crippen molar-refractivity contribution in [3.63, 3.8) is 0 Å². The molecule has 0 radical (unpaired) electrons. The van der Waals surface area contributed by atoms with Crippen molar-refractivity contribution in [1.29, 1.82) is 5.26 Å². The molecule has 30 heavy (non-hydrogen) atoms. The number of amides is 1. The predicted molar refractivity (Wildman–Crippen MR) is 122 cm³/mol. The van der Waals surface area contributed by atoms with Crippen molar-refractivity contribution in [3.05, 3.63) is 92.7 Å². The molecule has 3 aromatic rings. The predicted octanol–water partition coefficient (Wildman–Crippen LogP) is 5.67. The molecule has 0 aliphatic carbocycles. The first-order valence-electron chi connectivity index (χ1n) is 9.49. The number of aryl methyl sites for hydroxylation is 1. The Balaban J connectivity index is 1.80. The fourth-order valence-corrected chi connectivity index (χ4v) is 3.82. The van der Waals surface area contributed by atoms with Crippen LogP contribution < -0.4 is 5.32 Å². The van der Waals surface area contributed by atoms with E-state index in [1.165, 1.54) is 0 Å². The van der Waals surface area contributed by atoms with Crippen molar-refractivity contribution in [2.45, 2.75) is 20.3 Å². The Morgan fingerprint density at radius 1 is 1.13 bits per heavy atom. The molecule has 0 saturated heterocycles. The maximum atomic E-state index is 12.5. The molecule has 6 heteroatoms. The molecule has 0 spiro atoms. The summed E-state index contributed by atoms with van der Waals surface area (Å²) in [6.07, 6.45) is 2.31. The van der Waals surface area contributed by atoms with E-state index in [1.54, 1.807) is 18.2 Å². The van der Waals surface area contributed by atoms with Gasteiger partial charge in [-0.15, -0.1) is 0 Å². The number of hydrogen-bond acceptors (Lipinski definition) is 2. The number of aromatic nitrogens is 1. The minimum Gasteiger partial charge on any atom is -0.351 e. The summed E-state index contributed by atoms with van der Waals surface area (Å²) < 4.78 is 1.98. The van der Waals surface area contributed by atoms with Crippen LogP contribution in [0.25, 0.3) is 11.8 Å². The summed E-state index contributed by atoms with van der Waals surface area (Å²) in [6.45, 7) is 4.33. The van der Waals surface area contributed by atoms with E-state index >= 15 is 0 Å². The van der Waals surface area contributed by atoms with Gasteiger partial charge in [-0.2, -0.15) is 5.26 Å². The highest BCUT2D eigenvalue weighted by Crippen LogP contribution is 2.29. The van der Waals surface area contributed by atoms with Crippen molar-refractivity contribution >= 4 is 35.2 Å². The molecule has 1 N–H and O–H groups in total. The number of carbonyl (C=O) groups is 1. The molecule has 1 heterocycles. The van der Waals surface area contributed by atoms with Gasteiger partial charge in [-0.25, -0.2) is 0 Å². The summed E-state index contributed by atoms with van der Waals surface area (Å²) >= 11 is 12.4. The van der Waals surface area contributed by atoms with Crippen LogP contribution in [0.2, 0.25) is 10.0 Å². The standard InChI is InChI=1S/C24H21Cl2N3O/c1-16-12-19(17(2)29(16)23-9-8-21(25)14-22(23)26)13-20(15-27)24(30)28-11-10-18-6-4-3-5-7-18/h3-9,12-14H,10-11H2,1-2H3,(H,28,30)/b20-13-. The molecule has 0 atom stereocenters. The lowest BCUT2D eigenvalue weighted by Gasteiger charge is -2.12. The number of rotatable bonds is 6. The van der Waals surface area contributed by atoms with Crippen LogP contribution in [0.4, 0.5) is 0 Å². The summed E-state index contributed by atoms with van der Waals surface area (Å²) in [4.78, 5) is 12.5. The fourth-order valence-electron chi connectivity index (χ4n) is 3.33. The SMILES string of the molecule is Cc1cc(/C=C(/C#N)C(=O)NCCc2ccccc2)c(C)n1-c1ccc(Cl)cc1Cl. The first-order valence-corrected chi connectivity index (χ1v) is 10.2.